The minimum atomic E-state index is -0.314. The van der Waals surface area contributed by atoms with Crippen molar-refractivity contribution in [2.75, 3.05) is 32.7 Å². The summed E-state index contributed by atoms with van der Waals surface area (Å²) in [5.41, 5.74) is 10.5. The lowest BCUT2D eigenvalue weighted by Gasteiger charge is -2.19. The number of halogens is 1. The van der Waals surface area contributed by atoms with Crippen LogP contribution in [0.2, 0.25) is 0 Å². The van der Waals surface area contributed by atoms with Gasteiger partial charge in [0.1, 0.15) is 12.4 Å². The van der Waals surface area contributed by atoms with E-state index in [4.69, 9.17) is 25.5 Å². The molecule has 0 aliphatic heterocycles. The fourth-order valence-corrected chi connectivity index (χ4v) is 3.57. The molecule has 4 rings (SSSR count). The standard InChI is InChI=1S/C13H20N4O3.C12H10FNO/c1-8-12-10(16-13(14)15-8)3-2-4-11(12)17-20-7-9(5-18)6-19;1-15-12-7-3-6-11(14-12)9-4-2-5-10(13)8-9/h9,18-19H,2-7H2,1H3,(H2,14,15,16);2-8H,1H3/b17-11+;. The normalized spacial score (nSPS) is 13.7. The molecule has 4 N–H and O–H groups in total. The van der Waals surface area contributed by atoms with Crippen LogP contribution < -0.4 is 10.5 Å². The van der Waals surface area contributed by atoms with E-state index < -0.39 is 0 Å². The smallest absolute Gasteiger partial charge is 0.220 e. The molecule has 0 saturated carbocycles. The number of nitrogens with two attached hydrogens (primary N) is 1. The number of rotatable bonds is 7. The molecule has 35 heavy (non-hydrogen) atoms. The molecule has 2 aromatic heterocycles. The van der Waals surface area contributed by atoms with Crippen LogP contribution in [-0.4, -0.2) is 57.8 Å². The second-order valence-corrected chi connectivity index (χ2v) is 7.98. The Balaban J connectivity index is 0.000000203. The third-order valence-electron chi connectivity index (χ3n) is 5.35. The Kier molecular flexibility index (Phi) is 9.45. The molecule has 1 aliphatic rings. The number of nitrogens with zero attached hydrogens (tertiary/aromatic N) is 4. The van der Waals surface area contributed by atoms with Crippen molar-refractivity contribution in [2.24, 2.45) is 11.1 Å². The number of ether oxygens (including phenoxy) is 1. The van der Waals surface area contributed by atoms with Gasteiger partial charge in [0.25, 0.3) is 0 Å². The van der Waals surface area contributed by atoms with Crippen LogP contribution in [0.5, 0.6) is 5.88 Å². The summed E-state index contributed by atoms with van der Waals surface area (Å²) in [7, 11) is 1.55. The van der Waals surface area contributed by atoms with Gasteiger partial charge in [0, 0.05) is 23.1 Å². The number of aliphatic hydroxyl groups is 2. The number of aryl methyl sites for hydroxylation is 2. The highest BCUT2D eigenvalue weighted by Gasteiger charge is 2.21. The van der Waals surface area contributed by atoms with Gasteiger partial charge in [0.05, 0.1) is 43.1 Å². The van der Waals surface area contributed by atoms with E-state index in [1.165, 1.54) is 12.1 Å². The molecule has 10 heteroatoms. The molecule has 0 spiro atoms. The van der Waals surface area contributed by atoms with Gasteiger partial charge in [-0.25, -0.2) is 19.3 Å². The summed E-state index contributed by atoms with van der Waals surface area (Å²) in [5, 5.41) is 22.1. The Bertz CT molecular complexity index is 1150. The zero-order valence-electron chi connectivity index (χ0n) is 19.8. The summed E-state index contributed by atoms with van der Waals surface area (Å²) in [6.07, 6.45) is 2.59. The van der Waals surface area contributed by atoms with Crippen molar-refractivity contribution in [3.05, 3.63) is 65.2 Å². The van der Waals surface area contributed by atoms with Gasteiger partial charge >= 0.3 is 0 Å². The SMILES string of the molecule is COc1cccc(-c2cccc(F)c2)n1.Cc1nc(N)nc2c1/C(=N/OCC(CO)CO)CCC2. The number of aromatic nitrogens is 3. The summed E-state index contributed by atoms with van der Waals surface area (Å²) < 4.78 is 18.0. The number of fused-ring (bicyclic) bond motifs is 1. The molecule has 0 saturated heterocycles. The fourth-order valence-electron chi connectivity index (χ4n) is 3.57. The molecule has 3 aromatic rings. The first-order chi connectivity index (χ1) is 16.9. The highest BCUT2D eigenvalue weighted by molar-refractivity contribution is 6.02. The van der Waals surface area contributed by atoms with E-state index in [1.54, 1.807) is 19.2 Å². The molecule has 0 bridgehead atoms. The van der Waals surface area contributed by atoms with Crippen LogP contribution in [0.3, 0.4) is 0 Å². The van der Waals surface area contributed by atoms with E-state index in [0.717, 1.165) is 47.5 Å². The summed E-state index contributed by atoms with van der Waals surface area (Å²) in [5.74, 6) is 0.226. The Morgan fingerprint density at radius 2 is 1.86 bits per heavy atom. The molecule has 0 amide bonds. The van der Waals surface area contributed by atoms with Gasteiger partial charge in [0.2, 0.25) is 11.8 Å². The lowest BCUT2D eigenvalue weighted by Crippen LogP contribution is -2.20. The highest BCUT2D eigenvalue weighted by Crippen LogP contribution is 2.23. The van der Waals surface area contributed by atoms with Crippen LogP contribution >= 0.6 is 0 Å². The van der Waals surface area contributed by atoms with Crippen LogP contribution in [-0.2, 0) is 11.3 Å². The molecule has 0 fully saturated rings. The van der Waals surface area contributed by atoms with Crippen molar-refractivity contribution in [3.8, 4) is 17.1 Å². The van der Waals surface area contributed by atoms with Crippen LogP contribution in [0, 0.1) is 18.7 Å². The fraction of sp³-hybridized carbons (Fsp3) is 0.360. The quantitative estimate of drug-likeness (QED) is 0.437. The third-order valence-corrected chi connectivity index (χ3v) is 5.35. The molecule has 186 valence electrons. The molecule has 1 aliphatic carbocycles. The Morgan fingerprint density at radius 1 is 1.09 bits per heavy atom. The number of pyridine rings is 1. The van der Waals surface area contributed by atoms with E-state index >= 15 is 0 Å². The molecule has 0 radical (unpaired) electrons. The Hall–Kier alpha value is -3.63. The number of hydrogen-bond acceptors (Lipinski definition) is 9. The predicted octanol–water partition coefficient (Wildman–Crippen LogP) is 2.92. The van der Waals surface area contributed by atoms with Crippen LogP contribution in [0.1, 0.15) is 29.8 Å². The average Bonchev–Trinajstić information content (AvgIpc) is 2.87. The first-order valence-electron chi connectivity index (χ1n) is 11.3. The number of anilines is 1. The minimum Gasteiger partial charge on any atom is -0.481 e. The van der Waals surface area contributed by atoms with Crippen molar-refractivity contribution in [3.63, 3.8) is 0 Å². The number of benzene rings is 1. The summed E-state index contributed by atoms with van der Waals surface area (Å²) in [6.45, 7) is 1.80. The molecular formula is C25H30FN5O4. The predicted molar refractivity (Wildman–Crippen MR) is 130 cm³/mol. The Labute approximate surface area is 203 Å². The number of oxime groups is 1. The van der Waals surface area contributed by atoms with Crippen molar-refractivity contribution in [2.45, 2.75) is 26.2 Å². The van der Waals surface area contributed by atoms with E-state index in [0.29, 0.717) is 11.6 Å². The van der Waals surface area contributed by atoms with Gasteiger partial charge < -0.3 is 25.5 Å². The summed E-state index contributed by atoms with van der Waals surface area (Å²) >= 11 is 0. The van der Waals surface area contributed by atoms with Crippen LogP contribution in [0.25, 0.3) is 11.3 Å². The number of aliphatic hydroxyl groups excluding tert-OH is 2. The third kappa shape index (κ3) is 7.17. The molecule has 2 heterocycles. The molecule has 9 nitrogen and oxygen atoms in total. The highest BCUT2D eigenvalue weighted by atomic mass is 19.1. The van der Waals surface area contributed by atoms with Gasteiger partial charge in [0.15, 0.2) is 0 Å². The summed E-state index contributed by atoms with van der Waals surface area (Å²) in [4.78, 5) is 17.9. The lowest BCUT2D eigenvalue weighted by molar-refractivity contribution is 0.0481. The zero-order chi connectivity index (χ0) is 25.2. The first-order valence-corrected chi connectivity index (χ1v) is 11.3. The van der Waals surface area contributed by atoms with Gasteiger partial charge in [-0.2, -0.15) is 0 Å². The Morgan fingerprint density at radius 3 is 2.57 bits per heavy atom. The van der Waals surface area contributed by atoms with Crippen molar-refractivity contribution >= 4 is 11.7 Å². The maximum Gasteiger partial charge on any atom is 0.220 e. The maximum absolute atomic E-state index is 13.0. The lowest BCUT2D eigenvalue weighted by atomic mass is 9.93. The van der Waals surface area contributed by atoms with E-state index in [1.807, 2.05) is 25.1 Å². The van der Waals surface area contributed by atoms with Gasteiger partial charge in [-0.3, -0.25) is 0 Å². The largest absolute Gasteiger partial charge is 0.481 e. The van der Waals surface area contributed by atoms with E-state index in [2.05, 4.69) is 20.1 Å². The molecular weight excluding hydrogens is 453 g/mol. The molecule has 0 unspecified atom stereocenters. The first kappa shape index (κ1) is 26.0. The number of hydrogen-bond donors (Lipinski definition) is 3. The van der Waals surface area contributed by atoms with Gasteiger partial charge in [-0.1, -0.05) is 23.4 Å². The van der Waals surface area contributed by atoms with Crippen molar-refractivity contribution in [1.29, 1.82) is 0 Å². The minimum absolute atomic E-state index is 0.128. The monoisotopic (exact) mass is 483 g/mol. The maximum atomic E-state index is 13.0. The molecule has 1 aromatic carbocycles. The number of methoxy groups -OCH3 is 1. The van der Waals surface area contributed by atoms with Gasteiger partial charge in [-0.15, -0.1) is 0 Å². The second kappa shape index (κ2) is 12.7. The average molecular weight is 484 g/mol. The van der Waals surface area contributed by atoms with Crippen LogP contribution in [0.4, 0.5) is 10.3 Å². The zero-order valence-corrected chi connectivity index (χ0v) is 19.8. The second-order valence-electron chi connectivity index (χ2n) is 7.98. The topological polar surface area (TPSA) is 136 Å². The van der Waals surface area contributed by atoms with Crippen LogP contribution in [0.15, 0.2) is 47.6 Å². The number of nitrogen functional groups attached to an aromatic ring is 1. The van der Waals surface area contributed by atoms with Gasteiger partial charge in [-0.05, 0) is 44.4 Å². The van der Waals surface area contributed by atoms with Crippen molar-refractivity contribution < 1.29 is 24.2 Å². The van der Waals surface area contributed by atoms with E-state index in [-0.39, 0.29) is 37.5 Å². The molecule has 0 atom stereocenters. The van der Waals surface area contributed by atoms with Crippen molar-refractivity contribution in [1.82, 2.24) is 15.0 Å². The van der Waals surface area contributed by atoms with E-state index in [9.17, 15) is 4.39 Å². The summed E-state index contributed by atoms with van der Waals surface area (Å²) in [6, 6.07) is 11.7.